The van der Waals surface area contributed by atoms with E-state index in [1.54, 1.807) is 6.07 Å². The summed E-state index contributed by atoms with van der Waals surface area (Å²) in [6, 6.07) is 3.98. The Labute approximate surface area is 98.8 Å². The van der Waals surface area contributed by atoms with Gasteiger partial charge in [-0.25, -0.2) is 0 Å². The smallest absolute Gasteiger partial charge is 0.299 e. The second-order valence-corrected chi connectivity index (χ2v) is 4.65. The summed E-state index contributed by atoms with van der Waals surface area (Å²) in [6.07, 6.45) is -3.26. The Balaban J connectivity index is 2.39. The van der Waals surface area contributed by atoms with Gasteiger partial charge in [-0.3, -0.25) is 4.79 Å². The predicted molar refractivity (Wildman–Crippen MR) is 56.1 cm³/mol. The van der Waals surface area contributed by atoms with Gasteiger partial charge in [-0.2, -0.15) is 13.2 Å². The zero-order valence-corrected chi connectivity index (χ0v) is 9.73. The lowest BCUT2D eigenvalue weighted by atomic mass is 9.78. The molecule has 1 unspecified atom stereocenters. The first kappa shape index (κ1) is 11.6. The Morgan fingerprint density at radius 2 is 2.00 bits per heavy atom. The lowest BCUT2D eigenvalue weighted by Crippen LogP contribution is -2.23. The number of ketones is 1. The van der Waals surface area contributed by atoms with Crippen LogP contribution in [0.3, 0.4) is 0 Å². The first-order chi connectivity index (χ1) is 7.39. The van der Waals surface area contributed by atoms with Crippen LogP contribution in [0.15, 0.2) is 22.7 Å². The molecule has 0 radical (unpaired) electrons. The molecular weight excluding hydrogens is 285 g/mol. The Kier molecular flexibility index (Phi) is 2.82. The highest BCUT2D eigenvalue weighted by molar-refractivity contribution is 9.10. The SMILES string of the molecule is O=C1CCC1c1ccc(Br)c(C(F)(F)F)c1. The van der Waals surface area contributed by atoms with Crippen LogP contribution in [-0.2, 0) is 11.0 Å². The van der Waals surface area contributed by atoms with E-state index in [4.69, 9.17) is 0 Å². The maximum absolute atomic E-state index is 12.6. The number of benzene rings is 1. The van der Waals surface area contributed by atoms with Gasteiger partial charge in [0.05, 0.1) is 5.56 Å². The van der Waals surface area contributed by atoms with Crippen molar-refractivity contribution in [3.05, 3.63) is 33.8 Å². The number of hydrogen-bond donors (Lipinski definition) is 0. The van der Waals surface area contributed by atoms with Crippen LogP contribution in [0.5, 0.6) is 0 Å². The molecule has 1 nitrogen and oxygen atoms in total. The van der Waals surface area contributed by atoms with Gasteiger partial charge in [-0.15, -0.1) is 0 Å². The Hall–Kier alpha value is -0.840. The van der Waals surface area contributed by atoms with Gasteiger partial charge in [0, 0.05) is 16.8 Å². The summed E-state index contributed by atoms with van der Waals surface area (Å²) < 4.78 is 37.8. The Bertz CT molecular complexity index is 439. The van der Waals surface area contributed by atoms with Gasteiger partial charge in [0.25, 0.3) is 0 Å². The number of alkyl halides is 3. The first-order valence-corrected chi connectivity index (χ1v) is 5.58. The van der Waals surface area contributed by atoms with Gasteiger partial charge in [0.1, 0.15) is 5.78 Å². The van der Waals surface area contributed by atoms with Crippen LogP contribution >= 0.6 is 15.9 Å². The zero-order chi connectivity index (χ0) is 11.9. The summed E-state index contributed by atoms with van der Waals surface area (Å²) >= 11 is 2.87. The van der Waals surface area contributed by atoms with Gasteiger partial charge < -0.3 is 0 Å². The average molecular weight is 293 g/mol. The molecule has 1 fully saturated rings. The minimum absolute atomic E-state index is 0.00974. The van der Waals surface area contributed by atoms with Crippen LogP contribution < -0.4 is 0 Å². The molecule has 2 rings (SSSR count). The summed E-state index contributed by atoms with van der Waals surface area (Å²) in [5.74, 6) is -0.315. The number of halogens is 4. The highest BCUT2D eigenvalue weighted by Crippen LogP contribution is 2.39. The maximum atomic E-state index is 12.6. The van der Waals surface area contributed by atoms with Crippen molar-refractivity contribution in [3.63, 3.8) is 0 Å². The van der Waals surface area contributed by atoms with Crippen molar-refractivity contribution in [2.75, 3.05) is 0 Å². The van der Waals surface area contributed by atoms with Crippen molar-refractivity contribution in [2.24, 2.45) is 0 Å². The Morgan fingerprint density at radius 1 is 1.31 bits per heavy atom. The van der Waals surface area contributed by atoms with Crippen molar-refractivity contribution in [3.8, 4) is 0 Å². The third-order valence-electron chi connectivity index (χ3n) is 2.77. The molecule has 0 amide bonds. The van der Waals surface area contributed by atoms with E-state index >= 15 is 0 Å². The van der Waals surface area contributed by atoms with Gasteiger partial charge in [-0.1, -0.05) is 22.0 Å². The molecule has 0 heterocycles. The molecule has 0 spiro atoms. The minimum Gasteiger partial charge on any atom is -0.299 e. The number of carbonyl (C=O) groups is 1. The molecule has 0 aromatic heterocycles. The highest BCUT2D eigenvalue weighted by Gasteiger charge is 2.36. The molecule has 16 heavy (non-hydrogen) atoms. The first-order valence-electron chi connectivity index (χ1n) is 4.79. The normalized spacial score (nSPS) is 20.8. The van der Waals surface area contributed by atoms with E-state index in [9.17, 15) is 18.0 Å². The number of rotatable bonds is 1. The summed E-state index contributed by atoms with van der Waals surface area (Å²) in [6.45, 7) is 0. The standard InChI is InChI=1S/C11H8BrF3O/c12-9-3-1-6(7-2-4-10(7)16)5-8(9)11(13,14)15/h1,3,5,7H,2,4H2. The molecule has 1 saturated carbocycles. The summed E-state index contributed by atoms with van der Waals surface area (Å²) in [4.78, 5) is 11.2. The van der Waals surface area contributed by atoms with Gasteiger partial charge in [0.2, 0.25) is 0 Å². The summed E-state index contributed by atoms with van der Waals surface area (Å²) in [5, 5.41) is 0. The van der Waals surface area contributed by atoms with E-state index in [1.807, 2.05) is 0 Å². The van der Waals surface area contributed by atoms with Gasteiger partial charge >= 0.3 is 6.18 Å². The highest BCUT2D eigenvalue weighted by atomic mass is 79.9. The van der Waals surface area contributed by atoms with E-state index in [2.05, 4.69) is 15.9 Å². The fourth-order valence-corrected chi connectivity index (χ4v) is 2.21. The lowest BCUT2D eigenvalue weighted by Gasteiger charge is -2.25. The van der Waals surface area contributed by atoms with Crippen LogP contribution in [0.2, 0.25) is 0 Å². The molecule has 0 N–H and O–H groups in total. The van der Waals surface area contributed by atoms with Crippen molar-refractivity contribution in [2.45, 2.75) is 24.9 Å². The quantitative estimate of drug-likeness (QED) is 0.767. The minimum atomic E-state index is -4.39. The van der Waals surface area contributed by atoms with E-state index in [0.717, 1.165) is 6.07 Å². The predicted octanol–water partition coefficient (Wildman–Crippen LogP) is 3.91. The molecule has 0 saturated heterocycles. The number of carbonyl (C=O) groups excluding carboxylic acids is 1. The maximum Gasteiger partial charge on any atom is 0.417 e. The second-order valence-electron chi connectivity index (χ2n) is 3.79. The summed E-state index contributed by atoms with van der Waals surface area (Å²) in [7, 11) is 0. The molecule has 1 atom stereocenters. The molecular formula is C11H8BrF3O. The molecule has 1 aromatic rings. The topological polar surface area (TPSA) is 17.1 Å². The second kappa shape index (κ2) is 3.87. The van der Waals surface area contributed by atoms with Crippen LogP contribution in [0.4, 0.5) is 13.2 Å². The molecule has 1 aliphatic rings. The van der Waals surface area contributed by atoms with Gasteiger partial charge in [0.15, 0.2) is 0 Å². The lowest BCUT2D eigenvalue weighted by molar-refractivity contribution is -0.138. The average Bonchev–Trinajstić information content (AvgIpc) is 2.17. The fourth-order valence-electron chi connectivity index (χ4n) is 1.74. The third kappa shape index (κ3) is 2.00. The van der Waals surface area contributed by atoms with E-state index in [1.165, 1.54) is 6.07 Å². The molecule has 0 bridgehead atoms. The van der Waals surface area contributed by atoms with Crippen molar-refractivity contribution in [1.29, 1.82) is 0 Å². The van der Waals surface area contributed by atoms with E-state index < -0.39 is 11.7 Å². The van der Waals surface area contributed by atoms with E-state index in [0.29, 0.717) is 18.4 Å². The van der Waals surface area contributed by atoms with Crippen LogP contribution in [0.1, 0.15) is 29.9 Å². The number of Topliss-reactive ketones (excluding diaryl/α,β-unsaturated/α-hetero) is 1. The van der Waals surface area contributed by atoms with Crippen LogP contribution in [0.25, 0.3) is 0 Å². The van der Waals surface area contributed by atoms with E-state index in [-0.39, 0.29) is 16.2 Å². The molecule has 1 aromatic carbocycles. The van der Waals surface area contributed by atoms with Crippen molar-refractivity contribution >= 4 is 21.7 Å². The number of hydrogen-bond acceptors (Lipinski definition) is 1. The summed E-state index contributed by atoms with van der Waals surface area (Å²) in [5.41, 5.74) is -0.253. The molecule has 86 valence electrons. The third-order valence-corrected chi connectivity index (χ3v) is 3.46. The zero-order valence-electron chi connectivity index (χ0n) is 8.14. The fraction of sp³-hybridized carbons (Fsp3) is 0.364. The monoisotopic (exact) mass is 292 g/mol. The molecule has 0 aliphatic heterocycles. The van der Waals surface area contributed by atoms with Crippen LogP contribution in [0, 0.1) is 0 Å². The Morgan fingerprint density at radius 3 is 2.44 bits per heavy atom. The van der Waals surface area contributed by atoms with Gasteiger partial charge in [-0.05, 0) is 24.1 Å². The molecule has 1 aliphatic carbocycles. The van der Waals surface area contributed by atoms with Crippen LogP contribution in [-0.4, -0.2) is 5.78 Å². The largest absolute Gasteiger partial charge is 0.417 e. The molecule has 5 heteroatoms. The van der Waals surface area contributed by atoms with Crippen molar-refractivity contribution in [1.82, 2.24) is 0 Å². The van der Waals surface area contributed by atoms with Crippen molar-refractivity contribution < 1.29 is 18.0 Å².